The van der Waals surface area contributed by atoms with Crippen LogP contribution in [0.25, 0.3) is 11.0 Å². The highest BCUT2D eigenvalue weighted by atomic mass is 16.5. The van der Waals surface area contributed by atoms with Gasteiger partial charge < -0.3 is 19.2 Å². The second-order valence-electron chi connectivity index (χ2n) is 5.49. The molecule has 0 radical (unpaired) electrons. The van der Waals surface area contributed by atoms with Crippen LogP contribution in [-0.2, 0) is 14.3 Å². The van der Waals surface area contributed by atoms with Crippen LogP contribution in [0.4, 0.5) is 0 Å². The second kappa shape index (κ2) is 7.27. The number of amides is 1. The Bertz CT molecular complexity index is 806. The first-order valence-corrected chi connectivity index (χ1v) is 7.72. The zero-order valence-electron chi connectivity index (χ0n) is 12.9. The minimum absolute atomic E-state index is 0.0168. The molecule has 2 heterocycles. The van der Waals surface area contributed by atoms with Crippen LogP contribution in [0.5, 0.6) is 0 Å². The van der Waals surface area contributed by atoms with Gasteiger partial charge in [0.1, 0.15) is 5.58 Å². The second-order valence-corrected chi connectivity index (χ2v) is 5.49. The number of hydrogen-bond acceptors (Lipinski definition) is 6. The summed E-state index contributed by atoms with van der Waals surface area (Å²) in [4.78, 5) is 35.6. The first-order chi connectivity index (χ1) is 11.6. The SMILES string of the molecule is O=C(COC(=O)c1cc(=O)c2ccccc2o1)NCC1CCCO1. The Morgan fingerprint density at radius 2 is 2.12 bits per heavy atom. The van der Waals surface area contributed by atoms with Gasteiger partial charge in [0.2, 0.25) is 5.76 Å². The molecule has 1 amide bonds. The molecular formula is C17H17NO6. The molecule has 1 saturated heterocycles. The minimum Gasteiger partial charge on any atom is -0.450 e. The van der Waals surface area contributed by atoms with Gasteiger partial charge in [-0.3, -0.25) is 9.59 Å². The van der Waals surface area contributed by atoms with Crippen molar-refractivity contribution >= 4 is 22.8 Å². The van der Waals surface area contributed by atoms with E-state index in [1.807, 2.05) is 0 Å². The van der Waals surface area contributed by atoms with Gasteiger partial charge in [-0.2, -0.15) is 0 Å². The van der Waals surface area contributed by atoms with E-state index in [4.69, 9.17) is 13.9 Å². The zero-order valence-corrected chi connectivity index (χ0v) is 12.9. The van der Waals surface area contributed by atoms with Crippen molar-refractivity contribution in [2.75, 3.05) is 19.8 Å². The van der Waals surface area contributed by atoms with E-state index in [-0.39, 0.29) is 17.3 Å². The van der Waals surface area contributed by atoms with Gasteiger partial charge in [-0.15, -0.1) is 0 Å². The smallest absolute Gasteiger partial charge is 0.374 e. The molecule has 1 aromatic heterocycles. The first kappa shape index (κ1) is 16.2. The minimum atomic E-state index is -0.856. The predicted molar refractivity (Wildman–Crippen MR) is 84.8 cm³/mol. The van der Waals surface area contributed by atoms with Crippen molar-refractivity contribution in [1.29, 1.82) is 0 Å². The molecule has 1 unspecified atom stereocenters. The number of benzene rings is 1. The molecule has 1 aliphatic rings. The summed E-state index contributed by atoms with van der Waals surface area (Å²) in [6.07, 6.45) is 1.90. The molecule has 0 saturated carbocycles. The van der Waals surface area contributed by atoms with Crippen LogP contribution >= 0.6 is 0 Å². The van der Waals surface area contributed by atoms with Crippen molar-refractivity contribution in [2.45, 2.75) is 18.9 Å². The summed E-state index contributed by atoms with van der Waals surface area (Å²) in [7, 11) is 0. The average Bonchev–Trinajstić information content (AvgIpc) is 3.11. The van der Waals surface area contributed by atoms with Gasteiger partial charge in [-0.25, -0.2) is 4.79 Å². The quantitative estimate of drug-likeness (QED) is 0.829. The van der Waals surface area contributed by atoms with Crippen LogP contribution in [0.1, 0.15) is 23.4 Å². The third-order valence-electron chi connectivity index (χ3n) is 3.72. The molecule has 0 bridgehead atoms. The van der Waals surface area contributed by atoms with Crippen LogP contribution in [0, 0.1) is 0 Å². The molecule has 0 aliphatic carbocycles. The lowest BCUT2D eigenvalue weighted by Crippen LogP contribution is -2.34. The van der Waals surface area contributed by atoms with Crippen LogP contribution in [0.2, 0.25) is 0 Å². The fourth-order valence-corrected chi connectivity index (χ4v) is 2.49. The molecule has 24 heavy (non-hydrogen) atoms. The summed E-state index contributed by atoms with van der Waals surface area (Å²) in [6, 6.07) is 7.65. The highest BCUT2D eigenvalue weighted by Gasteiger charge is 2.18. The number of nitrogens with one attached hydrogen (secondary N) is 1. The largest absolute Gasteiger partial charge is 0.450 e. The monoisotopic (exact) mass is 331 g/mol. The molecule has 0 spiro atoms. The van der Waals surface area contributed by atoms with Gasteiger partial charge in [0.25, 0.3) is 5.91 Å². The maximum absolute atomic E-state index is 11.9. The van der Waals surface area contributed by atoms with E-state index in [0.29, 0.717) is 24.1 Å². The van der Waals surface area contributed by atoms with E-state index >= 15 is 0 Å². The van der Waals surface area contributed by atoms with E-state index in [0.717, 1.165) is 18.9 Å². The van der Waals surface area contributed by atoms with Crippen molar-refractivity contribution in [2.24, 2.45) is 0 Å². The molecular weight excluding hydrogens is 314 g/mol. The van der Waals surface area contributed by atoms with Crippen molar-refractivity contribution in [3.63, 3.8) is 0 Å². The van der Waals surface area contributed by atoms with Gasteiger partial charge in [-0.1, -0.05) is 12.1 Å². The molecule has 3 rings (SSSR count). The first-order valence-electron chi connectivity index (χ1n) is 7.72. The third kappa shape index (κ3) is 3.80. The maximum Gasteiger partial charge on any atom is 0.374 e. The molecule has 2 aromatic rings. The molecule has 1 atom stereocenters. The van der Waals surface area contributed by atoms with E-state index in [9.17, 15) is 14.4 Å². The zero-order chi connectivity index (χ0) is 16.9. The number of hydrogen-bond donors (Lipinski definition) is 1. The number of esters is 1. The predicted octanol–water partition coefficient (Wildman–Crippen LogP) is 1.24. The molecule has 7 heteroatoms. The fraction of sp³-hybridized carbons (Fsp3) is 0.353. The van der Waals surface area contributed by atoms with Gasteiger partial charge >= 0.3 is 5.97 Å². The van der Waals surface area contributed by atoms with E-state index in [1.54, 1.807) is 24.3 Å². The fourth-order valence-electron chi connectivity index (χ4n) is 2.49. The number of rotatable bonds is 5. The summed E-state index contributed by atoms with van der Waals surface area (Å²) < 4.78 is 15.6. The number of para-hydroxylation sites is 1. The number of carbonyl (C=O) groups excluding carboxylic acids is 2. The van der Waals surface area contributed by atoms with Crippen molar-refractivity contribution in [1.82, 2.24) is 5.32 Å². The molecule has 1 aliphatic heterocycles. The molecule has 1 fully saturated rings. The average molecular weight is 331 g/mol. The van der Waals surface area contributed by atoms with Crippen molar-refractivity contribution < 1.29 is 23.5 Å². The summed E-state index contributed by atoms with van der Waals surface area (Å²) in [5.41, 5.74) is -0.0496. The lowest BCUT2D eigenvalue weighted by Gasteiger charge is -2.10. The van der Waals surface area contributed by atoms with Crippen LogP contribution < -0.4 is 10.7 Å². The van der Waals surface area contributed by atoms with E-state index in [1.165, 1.54) is 0 Å². The van der Waals surface area contributed by atoms with E-state index in [2.05, 4.69) is 5.32 Å². The summed E-state index contributed by atoms with van der Waals surface area (Å²) >= 11 is 0. The van der Waals surface area contributed by atoms with Crippen LogP contribution in [0.15, 0.2) is 39.5 Å². The Balaban J connectivity index is 1.56. The van der Waals surface area contributed by atoms with Gasteiger partial charge in [-0.05, 0) is 25.0 Å². The lowest BCUT2D eigenvalue weighted by atomic mass is 10.2. The van der Waals surface area contributed by atoms with E-state index < -0.39 is 18.5 Å². The Morgan fingerprint density at radius 1 is 1.29 bits per heavy atom. The third-order valence-corrected chi connectivity index (χ3v) is 3.72. The topological polar surface area (TPSA) is 94.8 Å². The van der Waals surface area contributed by atoms with Crippen molar-refractivity contribution in [3.05, 3.63) is 46.3 Å². The number of carbonyl (C=O) groups is 2. The standard InChI is InChI=1S/C17H17NO6/c19-13-8-15(24-14-6-2-1-5-12(13)14)17(21)23-10-16(20)18-9-11-4-3-7-22-11/h1-2,5-6,8,11H,3-4,7,9-10H2,(H,18,20). The molecule has 1 N–H and O–H groups in total. The molecule has 1 aromatic carbocycles. The van der Waals surface area contributed by atoms with Crippen molar-refractivity contribution in [3.8, 4) is 0 Å². The van der Waals surface area contributed by atoms with Gasteiger partial charge in [0, 0.05) is 19.2 Å². The molecule has 126 valence electrons. The molecule has 7 nitrogen and oxygen atoms in total. The highest BCUT2D eigenvalue weighted by Crippen LogP contribution is 2.12. The van der Waals surface area contributed by atoms with Gasteiger partial charge in [0.05, 0.1) is 11.5 Å². The highest BCUT2D eigenvalue weighted by molar-refractivity contribution is 5.90. The van der Waals surface area contributed by atoms with Crippen LogP contribution in [0.3, 0.4) is 0 Å². The Morgan fingerprint density at radius 3 is 2.92 bits per heavy atom. The van der Waals surface area contributed by atoms with Crippen LogP contribution in [-0.4, -0.2) is 37.7 Å². The summed E-state index contributed by atoms with van der Waals surface area (Å²) in [5.74, 6) is -1.52. The number of ether oxygens (including phenoxy) is 2. The normalized spacial score (nSPS) is 16.9. The Kier molecular flexibility index (Phi) is 4.90. The summed E-state index contributed by atoms with van der Waals surface area (Å²) in [6.45, 7) is 0.653. The Hall–Kier alpha value is -2.67. The number of fused-ring (bicyclic) bond motifs is 1. The summed E-state index contributed by atoms with van der Waals surface area (Å²) in [5, 5.41) is 3.02. The Labute approximate surface area is 137 Å². The van der Waals surface area contributed by atoms with Gasteiger partial charge in [0.15, 0.2) is 12.0 Å². The maximum atomic E-state index is 11.9. The lowest BCUT2D eigenvalue weighted by molar-refractivity contribution is -0.124.